The first-order valence-corrected chi connectivity index (χ1v) is 8.22. The van der Waals surface area contributed by atoms with Gasteiger partial charge in [-0.1, -0.05) is 6.07 Å². The molecule has 0 radical (unpaired) electrons. The van der Waals surface area contributed by atoms with Gasteiger partial charge in [-0.05, 0) is 18.2 Å². The molecule has 0 aromatic heterocycles. The molecule has 7 N–H and O–H groups in total. The number of hydrogen-bond donors (Lipinski definition) is 4. The highest BCUT2D eigenvalue weighted by Gasteiger charge is 2.23. The Morgan fingerprint density at radius 2 is 1.40 bits per heavy atom. The molecule has 2 aromatic rings. The van der Waals surface area contributed by atoms with Crippen molar-refractivity contribution in [3.8, 4) is 5.75 Å². The second kappa shape index (κ2) is 4.31. The van der Waals surface area contributed by atoms with Crippen molar-refractivity contribution in [3.63, 3.8) is 0 Å². The zero-order chi connectivity index (χ0) is 15.3. The van der Waals surface area contributed by atoms with E-state index in [9.17, 15) is 21.9 Å². The summed E-state index contributed by atoms with van der Waals surface area (Å²) in [4.78, 5) is -1.20. The van der Waals surface area contributed by atoms with Gasteiger partial charge in [0.15, 0.2) is 0 Å². The molecule has 0 aliphatic heterocycles. The fourth-order valence-electron chi connectivity index (χ4n) is 1.82. The smallest absolute Gasteiger partial charge is 0.241 e. The predicted molar refractivity (Wildman–Crippen MR) is 72.8 cm³/mol. The van der Waals surface area contributed by atoms with E-state index in [4.69, 9.17) is 16.0 Å². The van der Waals surface area contributed by atoms with E-state index in [1.54, 1.807) is 0 Å². The first-order chi connectivity index (χ1) is 9.01. The third-order valence-corrected chi connectivity index (χ3v) is 4.55. The quantitative estimate of drug-likeness (QED) is 0.541. The van der Waals surface area contributed by atoms with Crippen molar-refractivity contribution >= 4 is 36.5 Å². The molecule has 20 heavy (non-hydrogen) atoms. The van der Waals surface area contributed by atoms with Gasteiger partial charge in [-0.3, -0.25) is 0 Å². The van der Waals surface area contributed by atoms with Crippen LogP contribution >= 0.6 is 0 Å². The SMILES string of the molecule is Nc1ccc2c(S(N)(=O)=O)cc(S(N)(=O)=O)c(O)c2c1. The van der Waals surface area contributed by atoms with Crippen LogP contribution in [0.4, 0.5) is 5.69 Å². The van der Waals surface area contributed by atoms with Gasteiger partial charge in [-0.2, -0.15) is 0 Å². The molecule has 0 aliphatic rings. The summed E-state index contributed by atoms with van der Waals surface area (Å²) in [6.45, 7) is 0. The molecule has 0 spiro atoms. The topological polar surface area (TPSA) is 167 Å². The third-order valence-electron chi connectivity index (χ3n) is 2.67. The average Bonchev–Trinajstić information content (AvgIpc) is 2.26. The van der Waals surface area contributed by atoms with E-state index in [1.165, 1.54) is 18.2 Å². The molecule has 0 amide bonds. The molecule has 0 unspecified atom stereocenters. The van der Waals surface area contributed by atoms with E-state index in [1.807, 2.05) is 0 Å². The Morgan fingerprint density at radius 1 is 0.850 bits per heavy atom. The number of anilines is 1. The number of benzene rings is 2. The Labute approximate surface area is 114 Å². The van der Waals surface area contributed by atoms with E-state index in [0.717, 1.165) is 6.07 Å². The average molecular weight is 317 g/mol. The van der Waals surface area contributed by atoms with Crippen LogP contribution in [0.15, 0.2) is 34.1 Å². The number of aromatic hydroxyl groups is 1. The molecule has 0 saturated heterocycles. The highest BCUT2D eigenvalue weighted by atomic mass is 32.2. The minimum atomic E-state index is -4.33. The molecule has 0 bridgehead atoms. The van der Waals surface area contributed by atoms with Gasteiger partial charge in [-0.15, -0.1) is 0 Å². The molecule has 2 rings (SSSR count). The van der Waals surface area contributed by atoms with Gasteiger partial charge in [0.1, 0.15) is 10.6 Å². The van der Waals surface area contributed by atoms with Gasteiger partial charge < -0.3 is 10.8 Å². The van der Waals surface area contributed by atoms with Crippen molar-refractivity contribution in [2.45, 2.75) is 9.79 Å². The minimum absolute atomic E-state index is 0.0478. The van der Waals surface area contributed by atoms with Crippen molar-refractivity contribution in [1.82, 2.24) is 0 Å². The lowest BCUT2D eigenvalue weighted by Crippen LogP contribution is -2.17. The Morgan fingerprint density at radius 3 is 1.90 bits per heavy atom. The molecular weight excluding hydrogens is 306 g/mol. The van der Waals surface area contributed by atoms with Crippen LogP contribution in [0.3, 0.4) is 0 Å². The fraction of sp³-hybridized carbons (Fsp3) is 0. The summed E-state index contributed by atoms with van der Waals surface area (Å²) >= 11 is 0. The molecule has 8 nitrogen and oxygen atoms in total. The van der Waals surface area contributed by atoms with Crippen LogP contribution in [0.2, 0.25) is 0 Å². The van der Waals surface area contributed by atoms with Crippen LogP contribution in [-0.2, 0) is 20.0 Å². The molecule has 108 valence electrons. The number of sulfonamides is 2. The predicted octanol–water partition coefficient (Wildman–Crippen LogP) is -0.578. The van der Waals surface area contributed by atoms with E-state index in [2.05, 4.69) is 0 Å². The lowest BCUT2D eigenvalue weighted by Gasteiger charge is -2.11. The standard InChI is InChI=1S/C10H11N3O5S2/c11-5-1-2-6-7(3-5)10(14)9(20(13,17)18)4-8(6)19(12,15)16/h1-4,14H,11H2,(H2,12,15,16)(H2,13,17,18). The molecule has 0 atom stereocenters. The lowest BCUT2D eigenvalue weighted by molar-refractivity contribution is 0.465. The summed E-state index contributed by atoms with van der Waals surface area (Å²) in [5.74, 6) is -0.679. The van der Waals surface area contributed by atoms with E-state index < -0.39 is 35.6 Å². The number of rotatable bonds is 2. The van der Waals surface area contributed by atoms with Crippen molar-refractivity contribution in [1.29, 1.82) is 0 Å². The van der Waals surface area contributed by atoms with Crippen LogP contribution in [0.5, 0.6) is 5.75 Å². The first kappa shape index (κ1) is 14.5. The van der Waals surface area contributed by atoms with Crippen LogP contribution in [0, 0.1) is 0 Å². The number of nitrogens with two attached hydrogens (primary N) is 3. The Balaban J connectivity index is 3.12. The van der Waals surface area contributed by atoms with Gasteiger partial charge in [0.25, 0.3) is 0 Å². The summed E-state index contributed by atoms with van der Waals surface area (Å²) in [7, 11) is -8.55. The van der Waals surface area contributed by atoms with Crippen LogP contribution in [0.25, 0.3) is 10.8 Å². The minimum Gasteiger partial charge on any atom is -0.506 e. The molecule has 0 saturated carbocycles. The van der Waals surface area contributed by atoms with Gasteiger partial charge in [-0.25, -0.2) is 27.1 Å². The van der Waals surface area contributed by atoms with Gasteiger partial charge in [0.05, 0.1) is 4.90 Å². The van der Waals surface area contributed by atoms with Crippen molar-refractivity contribution in [2.75, 3.05) is 5.73 Å². The maximum atomic E-state index is 11.6. The molecule has 0 fully saturated rings. The molecule has 0 aliphatic carbocycles. The molecule has 0 heterocycles. The monoisotopic (exact) mass is 317 g/mol. The number of hydrogen-bond acceptors (Lipinski definition) is 6. The van der Waals surface area contributed by atoms with Crippen LogP contribution in [-0.4, -0.2) is 21.9 Å². The number of phenolic OH excluding ortho intramolecular Hbond substituents is 1. The molecular formula is C10H11N3O5S2. The number of primary sulfonamides is 2. The fourth-order valence-corrected chi connectivity index (χ4v) is 3.33. The van der Waals surface area contributed by atoms with Crippen molar-refractivity contribution < 1.29 is 21.9 Å². The maximum Gasteiger partial charge on any atom is 0.241 e. The maximum absolute atomic E-state index is 11.6. The van der Waals surface area contributed by atoms with E-state index in [-0.39, 0.29) is 16.5 Å². The van der Waals surface area contributed by atoms with Gasteiger partial charge in [0.2, 0.25) is 20.0 Å². The second-order valence-electron chi connectivity index (χ2n) is 4.12. The highest BCUT2D eigenvalue weighted by molar-refractivity contribution is 7.90. The van der Waals surface area contributed by atoms with Gasteiger partial charge >= 0.3 is 0 Å². The third kappa shape index (κ3) is 2.41. The highest BCUT2D eigenvalue weighted by Crippen LogP contribution is 2.36. The Bertz CT molecular complexity index is 920. The number of nitrogen functional groups attached to an aromatic ring is 1. The van der Waals surface area contributed by atoms with E-state index >= 15 is 0 Å². The van der Waals surface area contributed by atoms with Crippen LogP contribution in [0.1, 0.15) is 0 Å². The first-order valence-electron chi connectivity index (χ1n) is 5.12. The normalized spacial score (nSPS) is 12.7. The summed E-state index contributed by atoms with van der Waals surface area (Å²) < 4.78 is 45.9. The van der Waals surface area contributed by atoms with E-state index in [0.29, 0.717) is 0 Å². The summed E-state index contributed by atoms with van der Waals surface area (Å²) in [5.41, 5.74) is 5.75. The van der Waals surface area contributed by atoms with Crippen molar-refractivity contribution in [3.05, 3.63) is 24.3 Å². The zero-order valence-electron chi connectivity index (χ0n) is 9.94. The molecule has 10 heteroatoms. The Kier molecular flexibility index (Phi) is 3.13. The largest absolute Gasteiger partial charge is 0.506 e. The number of phenols is 1. The van der Waals surface area contributed by atoms with Crippen LogP contribution < -0.4 is 16.0 Å². The second-order valence-corrected chi connectivity index (χ2v) is 7.18. The van der Waals surface area contributed by atoms with Crippen molar-refractivity contribution in [2.24, 2.45) is 10.3 Å². The number of fused-ring (bicyclic) bond motifs is 1. The lowest BCUT2D eigenvalue weighted by atomic mass is 10.1. The zero-order valence-corrected chi connectivity index (χ0v) is 11.6. The van der Waals surface area contributed by atoms with Gasteiger partial charge in [0, 0.05) is 16.5 Å². The summed E-state index contributed by atoms with van der Waals surface area (Å²) in [6.07, 6.45) is 0. The summed E-state index contributed by atoms with van der Waals surface area (Å²) in [5, 5.41) is 19.9. The Hall–Kier alpha value is -1.88. The summed E-state index contributed by atoms with van der Waals surface area (Å²) in [6, 6.07) is 4.66. The molecule has 2 aromatic carbocycles.